The van der Waals surface area contributed by atoms with Crippen molar-refractivity contribution in [3.63, 3.8) is 0 Å². The van der Waals surface area contributed by atoms with E-state index in [9.17, 15) is 0 Å². The van der Waals surface area contributed by atoms with Crippen LogP contribution in [0.2, 0.25) is 0 Å². The summed E-state index contributed by atoms with van der Waals surface area (Å²) in [6.45, 7) is 1.47. The van der Waals surface area contributed by atoms with Crippen LogP contribution in [0.3, 0.4) is 0 Å². The summed E-state index contributed by atoms with van der Waals surface area (Å²) in [5.74, 6) is 0. The van der Waals surface area contributed by atoms with Crippen molar-refractivity contribution in [2.75, 3.05) is 0 Å². The minimum absolute atomic E-state index is 0.603. The van der Waals surface area contributed by atoms with Gasteiger partial charge >= 0.3 is 0 Å². The highest BCUT2D eigenvalue weighted by Crippen LogP contribution is 2.05. The molecule has 1 aromatic heterocycles. The van der Waals surface area contributed by atoms with Gasteiger partial charge in [-0.2, -0.15) is 0 Å². The van der Waals surface area contributed by atoms with Crippen LogP contribution in [-0.2, 0) is 13.1 Å². The van der Waals surface area contributed by atoms with Crippen molar-refractivity contribution in [2.24, 2.45) is 5.73 Å². The highest BCUT2D eigenvalue weighted by Gasteiger charge is 1.94. The molecule has 0 atom stereocenters. The maximum absolute atomic E-state index is 5.52. The second-order valence-electron chi connectivity index (χ2n) is 3.26. The van der Waals surface area contributed by atoms with Gasteiger partial charge in [0.1, 0.15) is 0 Å². The maximum atomic E-state index is 5.52. The molecule has 0 aliphatic heterocycles. The van der Waals surface area contributed by atoms with Crippen molar-refractivity contribution >= 4 is 0 Å². The third-order valence-corrected chi connectivity index (χ3v) is 2.18. The Balaban J connectivity index is 2.10. The molecule has 14 heavy (non-hydrogen) atoms. The monoisotopic (exact) mass is 187 g/mol. The van der Waals surface area contributed by atoms with Crippen LogP contribution in [0.4, 0.5) is 0 Å². The molecular formula is C11H13N3. The smallest absolute Gasteiger partial charge is 0.0949 e. The summed E-state index contributed by atoms with van der Waals surface area (Å²) in [4.78, 5) is 4.00. The first-order chi connectivity index (χ1) is 6.88. The van der Waals surface area contributed by atoms with Crippen molar-refractivity contribution in [1.29, 1.82) is 0 Å². The van der Waals surface area contributed by atoms with Crippen molar-refractivity contribution in [1.82, 2.24) is 9.55 Å². The molecule has 0 bridgehead atoms. The minimum Gasteiger partial charge on any atom is -0.333 e. The number of rotatable bonds is 3. The fourth-order valence-corrected chi connectivity index (χ4v) is 1.37. The van der Waals surface area contributed by atoms with E-state index in [-0.39, 0.29) is 0 Å². The van der Waals surface area contributed by atoms with E-state index in [1.807, 2.05) is 17.1 Å². The van der Waals surface area contributed by atoms with Gasteiger partial charge in [0.25, 0.3) is 0 Å². The van der Waals surface area contributed by atoms with Crippen LogP contribution in [-0.4, -0.2) is 9.55 Å². The molecule has 0 saturated carbocycles. The van der Waals surface area contributed by atoms with Gasteiger partial charge in [0.2, 0.25) is 0 Å². The molecule has 0 spiro atoms. The Morgan fingerprint density at radius 1 is 1.14 bits per heavy atom. The van der Waals surface area contributed by atoms with Crippen molar-refractivity contribution in [3.8, 4) is 0 Å². The van der Waals surface area contributed by atoms with Crippen LogP contribution in [0.1, 0.15) is 11.1 Å². The normalized spacial score (nSPS) is 10.4. The Hall–Kier alpha value is -1.61. The topological polar surface area (TPSA) is 43.8 Å². The Morgan fingerprint density at radius 3 is 2.43 bits per heavy atom. The highest BCUT2D eigenvalue weighted by molar-refractivity contribution is 5.22. The molecule has 72 valence electrons. The van der Waals surface area contributed by atoms with Crippen LogP contribution >= 0.6 is 0 Å². The molecule has 0 saturated heterocycles. The summed E-state index contributed by atoms with van der Waals surface area (Å²) >= 11 is 0. The van der Waals surface area contributed by atoms with E-state index >= 15 is 0 Å². The summed E-state index contributed by atoms with van der Waals surface area (Å²) in [7, 11) is 0. The second-order valence-corrected chi connectivity index (χ2v) is 3.26. The quantitative estimate of drug-likeness (QED) is 0.789. The molecule has 0 aliphatic rings. The van der Waals surface area contributed by atoms with Crippen molar-refractivity contribution in [2.45, 2.75) is 13.1 Å². The second kappa shape index (κ2) is 4.07. The lowest BCUT2D eigenvalue weighted by Crippen LogP contribution is -1.98. The van der Waals surface area contributed by atoms with Crippen LogP contribution in [0.5, 0.6) is 0 Å². The van der Waals surface area contributed by atoms with Gasteiger partial charge in [0, 0.05) is 25.5 Å². The van der Waals surface area contributed by atoms with E-state index in [4.69, 9.17) is 5.73 Å². The molecule has 2 aromatic rings. The van der Waals surface area contributed by atoms with E-state index in [0.717, 1.165) is 6.54 Å². The highest BCUT2D eigenvalue weighted by atomic mass is 15.0. The predicted octanol–water partition coefficient (Wildman–Crippen LogP) is 1.39. The molecule has 1 aromatic carbocycles. The van der Waals surface area contributed by atoms with Crippen LogP contribution in [0, 0.1) is 0 Å². The molecule has 1 heterocycles. The Bertz CT molecular complexity index is 375. The number of hydrogen-bond acceptors (Lipinski definition) is 2. The van der Waals surface area contributed by atoms with Gasteiger partial charge in [-0.15, -0.1) is 0 Å². The fourth-order valence-electron chi connectivity index (χ4n) is 1.37. The minimum atomic E-state index is 0.603. The maximum Gasteiger partial charge on any atom is 0.0949 e. The lowest BCUT2D eigenvalue weighted by Gasteiger charge is -2.03. The predicted molar refractivity (Wildman–Crippen MR) is 55.7 cm³/mol. The van der Waals surface area contributed by atoms with Crippen molar-refractivity contribution in [3.05, 3.63) is 54.1 Å². The van der Waals surface area contributed by atoms with Gasteiger partial charge in [-0.25, -0.2) is 4.98 Å². The van der Waals surface area contributed by atoms with Gasteiger partial charge in [0.15, 0.2) is 0 Å². The first-order valence-corrected chi connectivity index (χ1v) is 4.62. The third-order valence-electron chi connectivity index (χ3n) is 2.18. The zero-order valence-electron chi connectivity index (χ0n) is 7.93. The molecule has 3 nitrogen and oxygen atoms in total. The van der Waals surface area contributed by atoms with E-state index in [0.29, 0.717) is 6.54 Å². The lowest BCUT2D eigenvalue weighted by atomic mass is 10.1. The zero-order valence-corrected chi connectivity index (χ0v) is 7.93. The van der Waals surface area contributed by atoms with Crippen LogP contribution < -0.4 is 5.73 Å². The Morgan fingerprint density at radius 2 is 1.86 bits per heavy atom. The van der Waals surface area contributed by atoms with E-state index < -0.39 is 0 Å². The van der Waals surface area contributed by atoms with Gasteiger partial charge < -0.3 is 10.3 Å². The summed E-state index contributed by atoms with van der Waals surface area (Å²) in [6.07, 6.45) is 5.56. The van der Waals surface area contributed by atoms with Gasteiger partial charge in [-0.1, -0.05) is 24.3 Å². The molecule has 2 rings (SSSR count). The molecule has 2 N–H and O–H groups in total. The molecular weight excluding hydrogens is 174 g/mol. The number of imidazole rings is 1. The molecule has 0 fully saturated rings. The largest absolute Gasteiger partial charge is 0.333 e. The van der Waals surface area contributed by atoms with E-state index in [2.05, 4.69) is 29.2 Å². The fraction of sp³-hybridized carbons (Fsp3) is 0.182. The van der Waals surface area contributed by atoms with Crippen LogP contribution in [0.25, 0.3) is 0 Å². The first kappa shape index (κ1) is 8.97. The number of benzene rings is 1. The molecule has 0 unspecified atom stereocenters. The standard InChI is InChI=1S/C11H13N3/c12-7-10-1-3-11(4-2-10)8-14-6-5-13-9-14/h1-6,9H,7-8,12H2. The summed E-state index contributed by atoms with van der Waals surface area (Å²) in [5, 5.41) is 0. The number of hydrogen-bond donors (Lipinski definition) is 1. The van der Waals surface area contributed by atoms with Gasteiger partial charge in [0.05, 0.1) is 6.33 Å². The summed E-state index contributed by atoms with van der Waals surface area (Å²) in [5.41, 5.74) is 7.95. The Kier molecular flexibility index (Phi) is 2.60. The summed E-state index contributed by atoms with van der Waals surface area (Å²) in [6, 6.07) is 8.32. The Labute approximate surface area is 83.2 Å². The average Bonchev–Trinajstić information content (AvgIpc) is 2.72. The first-order valence-electron chi connectivity index (χ1n) is 4.62. The number of nitrogens with zero attached hydrogens (tertiary/aromatic N) is 2. The number of nitrogens with two attached hydrogens (primary N) is 1. The SMILES string of the molecule is NCc1ccc(Cn2ccnc2)cc1. The van der Waals surface area contributed by atoms with E-state index in [1.54, 1.807) is 6.20 Å². The number of aromatic nitrogens is 2. The molecule has 0 aliphatic carbocycles. The molecule has 0 amide bonds. The zero-order chi connectivity index (χ0) is 9.80. The van der Waals surface area contributed by atoms with Crippen molar-refractivity contribution < 1.29 is 0 Å². The van der Waals surface area contributed by atoms with Gasteiger partial charge in [-0.05, 0) is 11.1 Å². The van der Waals surface area contributed by atoms with Crippen LogP contribution in [0.15, 0.2) is 43.0 Å². The van der Waals surface area contributed by atoms with E-state index in [1.165, 1.54) is 11.1 Å². The van der Waals surface area contributed by atoms with Gasteiger partial charge in [-0.3, -0.25) is 0 Å². The summed E-state index contributed by atoms with van der Waals surface area (Å²) < 4.78 is 2.04. The average molecular weight is 187 g/mol. The lowest BCUT2D eigenvalue weighted by molar-refractivity contribution is 0.796. The third kappa shape index (κ3) is 2.00. The molecule has 0 radical (unpaired) electrons. The molecule has 3 heteroatoms.